The first-order chi connectivity index (χ1) is 13.6. The van der Waals surface area contributed by atoms with Crippen LogP contribution in [0.3, 0.4) is 0 Å². The lowest BCUT2D eigenvalue weighted by atomic mass is 10.1. The van der Waals surface area contributed by atoms with Crippen LogP contribution in [0.25, 0.3) is 11.1 Å². The van der Waals surface area contributed by atoms with Crippen molar-refractivity contribution in [3.63, 3.8) is 0 Å². The third kappa shape index (κ3) is 4.32. The SMILES string of the molecule is O=C(Nc1ccc(-c2cccnc2)cc1)C(=O)c1csc(NS(=O)C2CC2)n1. The number of amides is 1. The highest BCUT2D eigenvalue weighted by Gasteiger charge is 2.29. The van der Waals surface area contributed by atoms with Crippen LogP contribution in [0.1, 0.15) is 23.3 Å². The van der Waals surface area contributed by atoms with Crippen molar-refractivity contribution in [2.45, 2.75) is 18.1 Å². The average Bonchev–Trinajstić information content (AvgIpc) is 3.48. The van der Waals surface area contributed by atoms with Crippen LogP contribution in [-0.4, -0.2) is 31.1 Å². The number of carbonyl (C=O) groups is 2. The third-order valence-corrected chi connectivity index (χ3v) is 6.45. The minimum Gasteiger partial charge on any atom is -0.319 e. The van der Waals surface area contributed by atoms with E-state index in [0.717, 1.165) is 35.3 Å². The molecule has 0 radical (unpaired) electrons. The summed E-state index contributed by atoms with van der Waals surface area (Å²) >= 11 is 1.15. The topological polar surface area (TPSA) is 101 Å². The van der Waals surface area contributed by atoms with Crippen LogP contribution < -0.4 is 10.0 Å². The fraction of sp³-hybridized carbons (Fsp3) is 0.158. The first kappa shape index (κ1) is 18.5. The number of hydrogen-bond acceptors (Lipinski definition) is 6. The second-order valence-corrected chi connectivity index (χ2v) is 8.56. The Bertz CT molecular complexity index is 1030. The molecule has 3 aromatic rings. The van der Waals surface area contributed by atoms with E-state index in [4.69, 9.17) is 0 Å². The van der Waals surface area contributed by atoms with Gasteiger partial charge in [0.1, 0.15) is 16.7 Å². The number of anilines is 2. The van der Waals surface area contributed by atoms with E-state index < -0.39 is 22.7 Å². The fourth-order valence-electron chi connectivity index (χ4n) is 2.46. The van der Waals surface area contributed by atoms with Crippen molar-refractivity contribution in [3.05, 3.63) is 59.9 Å². The Morgan fingerprint density at radius 2 is 1.89 bits per heavy atom. The Morgan fingerprint density at radius 1 is 1.11 bits per heavy atom. The zero-order valence-corrected chi connectivity index (χ0v) is 16.3. The summed E-state index contributed by atoms with van der Waals surface area (Å²) in [6, 6.07) is 10.9. The summed E-state index contributed by atoms with van der Waals surface area (Å²) in [7, 11) is -1.19. The molecule has 1 fully saturated rings. The third-order valence-electron chi connectivity index (χ3n) is 4.10. The van der Waals surface area contributed by atoms with Gasteiger partial charge in [-0.3, -0.25) is 19.3 Å². The van der Waals surface area contributed by atoms with Gasteiger partial charge in [-0.25, -0.2) is 9.19 Å². The maximum Gasteiger partial charge on any atom is 0.298 e. The predicted molar refractivity (Wildman–Crippen MR) is 110 cm³/mol. The summed E-state index contributed by atoms with van der Waals surface area (Å²) < 4.78 is 14.6. The molecule has 2 heterocycles. The van der Waals surface area contributed by atoms with Crippen molar-refractivity contribution in [1.29, 1.82) is 0 Å². The van der Waals surface area contributed by atoms with Crippen LogP contribution in [0, 0.1) is 0 Å². The van der Waals surface area contributed by atoms with E-state index in [1.54, 1.807) is 24.5 Å². The van der Waals surface area contributed by atoms with Gasteiger partial charge in [0.05, 0.1) is 5.25 Å². The van der Waals surface area contributed by atoms with Crippen molar-refractivity contribution in [3.8, 4) is 11.1 Å². The molecule has 1 aliphatic carbocycles. The molecule has 0 bridgehead atoms. The molecule has 1 aliphatic rings. The predicted octanol–water partition coefficient (Wildman–Crippen LogP) is 3.26. The molecule has 0 spiro atoms. The van der Waals surface area contributed by atoms with Gasteiger partial charge in [0.15, 0.2) is 5.13 Å². The van der Waals surface area contributed by atoms with E-state index in [2.05, 4.69) is 20.0 Å². The molecule has 2 aromatic heterocycles. The minimum absolute atomic E-state index is 0.0322. The van der Waals surface area contributed by atoms with Gasteiger partial charge in [-0.2, -0.15) is 0 Å². The molecule has 28 heavy (non-hydrogen) atoms. The molecule has 1 saturated carbocycles. The number of aromatic nitrogens is 2. The molecule has 142 valence electrons. The highest BCUT2D eigenvalue weighted by molar-refractivity contribution is 7.87. The molecular formula is C19H16N4O3S2. The summed E-state index contributed by atoms with van der Waals surface area (Å²) in [4.78, 5) is 32.7. The van der Waals surface area contributed by atoms with Gasteiger partial charge in [-0.15, -0.1) is 11.3 Å². The van der Waals surface area contributed by atoms with Crippen molar-refractivity contribution in [1.82, 2.24) is 9.97 Å². The maximum atomic E-state index is 12.3. The highest BCUT2D eigenvalue weighted by atomic mass is 32.2. The molecule has 1 amide bonds. The van der Waals surface area contributed by atoms with Crippen molar-refractivity contribution < 1.29 is 13.8 Å². The zero-order valence-electron chi connectivity index (χ0n) is 14.6. The van der Waals surface area contributed by atoms with Gasteiger partial charge < -0.3 is 5.32 Å². The second kappa shape index (κ2) is 7.99. The van der Waals surface area contributed by atoms with E-state index >= 15 is 0 Å². The summed E-state index contributed by atoms with van der Waals surface area (Å²) in [6.07, 6.45) is 5.31. The first-order valence-corrected chi connectivity index (χ1v) is 10.7. The van der Waals surface area contributed by atoms with Crippen LogP contribution >= 0.6 is 11.3 Å². The Hall–Kier alpha value is -2.91. The lowest BCUT2D eigenvalue weighted by Gasteiger charge is -2.05. The molecule has 9 heteroatoms. The summed E-state index contributed by atoms with van der Waals surface area (Å²) in [5.74, 6) is -1.51. The van der Waals surface area contributed by atoms with Crippen molar-refractivity contribution in [2.75, 3.05) is 10.0 Å². The molecule has 7 nitrogen and oxygen atoms in total. The number of ketones is 1. The molecule has 0 saturated heterocycles. The number of carbonyl (C=O) groups excluding carboxylic acids is 2. The Balaban J connectivity index is 1.38. The number of benzene rings is 1. The van der Waals surface area contributed by atoms with E-state index in [0.29, 0.717) is 10.8 Å². The molecular weight excluding hydrogens is 396 g/mol. The van der Waals surface area contributed by atoms with Gasteiger partial charge in [0.2, 0.25) is 0 Å². The number of nitrogens with one attached hydrogen (secondary N) is 2. The standard InChI is InChI=1S/C19H16N4O3S2/c24-17(16-11-27-19(22-16)23-28(26)15-7-8-15)18(25)21-14-5-3-12(4-6-14)13-2-1-9-20-10-13/h1-6,9-11,15H,7-8H2,(H,21,25)(H,22,23). The van der Waals surface area contributed by atoms with Crippen LogP contribution in [0.15, 0.2) is 54.2 Å². The minimum atomic E-state index is -1.19. The number of rotatable bonds is 7. The number of Topliss-reactive ketones (excluding diaryl/α,β-unsaturated/α-hetero) is 1. The smallest absolute Gasteiger partial charge is 0.298 e. The quantitative estimate of drug-likeness (QED) is 0.458. The lowest BCUT2D eigenvalue weighted by Crippen LogP contribution is -2.23. The monoisotopic (exact) mass is 412 g/mol. The molecule has 0 aliphatic heterocycles. The van der Waals surface area contributed by atoms with E-state index in [1.807, 2.05) is 24.3 Å². The van der Waals surface area contributed by atoms with Gasteiger partial charge >= 0.3 is 0 Å². The molecule has 2 N–H and O–H groups in total. The Labute approximate surface area is 167 Å². The number of nitrogens with zero attached hydrogens (tertiary/aromatic N) is 2. The number of hydrogen-bond donors (Lipinski definition) is 2. The van der Waals surface area contributed by atoms with Crippen LogP contribution in [0.4, 0.5) is 10.8 Å². The number of thiazole rings is 1. The van der Waals surface area contributed by atoms with Gasteiger partial charge in [0.25, 0.3) is 11.7 Å². The van der Waals surface area contributed by atoms with Crippen LogP contribution in [0.5, 0.6) is 0 Å². The molecule has 1 aromatic carbocycles. The molecule has 4 rings (SSSR count). The Morgan fingerprint density at radius 3 is 2.57 bits per heavy atom. The van der Waals surface area contributed by atoms with E-state index in [9.17, 15) is 13.8 Å². The van der Waals surface area contributed by atoms with Crippen molar-refractivity contribution >= 4 is 44.8 Å². The maximum absolute atomic E-state index is 12.3. The summed E-state index contributed by atoms with van der Waals surface area (Å²) in [5.41, 5.74) is 2.46. The average molecular weight is 412 g/mol. The first-order valence-electron chi connectivity index (χ1n) is 8.59. The van der Waals surface area contributed by atoms with Crippen molar-refractivity contribution in [2.24, 2.45) is 0 Å². The highest BCUT2D eigenvalue weighted by Crippen LogP contribution is 2.28. The largest absolute Gasteiger partial charge is 0.319 e. The number of pyridine rings is 1. The fourth-order valence-corrected chi connectivity index (χ4v) is 4.38. The van der Waals surface area contributed by atoms with Gasteiger partial charge in [-0.1, -0.05) is 18.2 Å². The van der Waals surface area contributed by atoms with E-state index in [-0.39, 0.29) is 10.9 Å². The van der Waals surface area contributed by atoms with Gasteiger partial charge in [0, 0.05) is 23.5 Å². The Kier molecular flexibility index (Phi) is 5.27. The summed E-state index contributed by atoms with van der Waals surface area (Å²) in [5, 5.41) is 4.59. The second-order valence-electron chi connectivity index (χ2n) is 6.24. The van der Waals surface area contributed by atoms with Crippen LogP contribution in [0.2, 0.25) is 0 Å². The normalized spacial score (nSPS) is 14.3. The summed E-state index contributed by atoms with van der Waals surface area (Å²) in [6.45, 7) is 0. The van der Waals surface area contributed by atoms with E-state index in [1.165, 1.54) is 5.38 Å². The molecule has 1 atom stereocenters. The zero-order chi connectivity index (χ0) is 19.5. The lowest BCUT2D eigenvalue weighted by molar-refractivity contribution is -0.112. The van der Waals surface area contributed by atoms with Gasteiger partial charge in [-0.05, 0) is 42.2 Å². The molecule has 1 unspecified atom stereocenters. The van der Waals surface area contributed by atoms with Crippen LogP contribution in [-0.2, 0) is 15.8 Å².